The van der Waals surface area contributed by atoms with Crippen LogP contribution >= 0.6 is 11.6 Å². The molecule has 1 unspecified atom stereocenters. The third kappa shape index (κ3) is 4.51. The molecule has 7 nitrogen and oxygen atoms in total. The van der Waals surface area contributed by atoms with Crippen LogP contribution in [0, 0.1) is 0 Å². The Balaban J connectivity index is 1.68. The van der Waals surface area contributed by atoms with Crippen LogP contribution in [0.25, 0.3) is 0 Å². The molecule has 2 heterocycles. The maximum absolute atomic E-state index is 12.3. The summed E-state index contributed by atoms with van der Waals surface area (Å²) >= 11 is 6.15. The number of aromatic nitrogens is 1. The standard InChI is InChI=1S/C17H17ClN2O5S/c1-26(22,23)14-4-2-12(3-5-14)20-16(21)11-8-15(18)17(19-9-11)25-13-6-7-24-10-13/h2-5,8-9,13H,6-7,10H2,1H3,(H,20,21). The number of rotatable bonds is 5. The van der Waals surface area contributed by atoms with Crippen molar-refractivity contribution in [3.63, 3.8) is 0 Å². The molecule has 0 spiro atoms. The number of hydrogen-bond donors (Lipinski definition) is 1. The van der Waals surface area contributed by atoms with Crippen LogP contribution in [-0.4, -0.2) is 44.9 Å². The summed E-state index contributed by atoms with van der Waals surface area (Å²) in [6, 6.07) is 7.36. The van der Waals surface area contributed by atoms with Gasteiger partial charge in [-0.25, -0.2) is 13.4 Å². The third-order valence-electron chi connectivity index (χ3n) is 3.78. The van der Waals surface area contributed by atoms with Crippen LogP contribution in [0.5, 0.6) is 5.88 Å². The molecule has 0 radical (unpaired) electrons. The number of halogens is 1. The zero-order valence-electron chi connectivity index (χ0n) is 13.9. The summed E-state index contributed by atoms with van der Waals surface area (Å²) in [6.45, 7) is 1.13. The van der Waals surface area contributed by atoms with E-state index in [4.69, 9.17) is 21.1 Å². The molecule has 0 bridgehead atoms. The SMILES string of the molecule is CS(=O)(=O)c1ccc(NC(=O)c2cnc(OC3CCOC3)c(Cl)c2)cc1. The molecule has 1 saturated heterocycles. The summed E-state index contributed by atoms with van der Waals surface area (Å²) in [5.74, 6) is -0.154. The van der Waals surface area contributed by atoms with Crippen molar-refractivity contribution in [1.82, 2.24) is 4.98 Å². The van der Waals surface area contributed by atoms with Gasteiger partial charge in [0, 0.05) is 24.6 Å². The van der Waals surface area contributed by atoms with Crippen molar-refractivity contribution < 1.29 is 22.7 Å². The van der Waals surface area contributed by atoms with Crippen LogP contribution in [-0.2, 0) is 14.6 Å². The molecule has 1 aliphatic heterocycles. The van der Waals surface area contributed by atoms with Gasteiger partial charge in [0.05, 0.1) is 23.7 Å². The molecule has 138 valence electrons. The van der Waals surface area contributed by atoms with E-state index < -0.39 is 15.7 Å². The summed E-state index contributed by atoms with van der Waals surface area (Å²) < 4.78 is 33.8. The second-order valence-electron chi connectivity index (χ2n) is 5.87. The van der Waals surface area contributed by atoms with Crippen molar-refractivity contribution in [1.29, 1.82) is 0 Å². The Hall–Kier alpha value is -2.16. The molecule has 1 amide bonds. The number of carbonyl (C=O) groups excluding carboxylic acids is 1. The van der Waals surface area contributed by atoms with Crippen LogP contribution in [0.1, 0.15) is 16.8 Å². The smallest absolute Gasteiger partial charge is 0.257 e. The Morgan fingerprint density at radius 3 is 2.65 bits per heavy atom. The number of anilines is 1. The van der Waals surface area contributed by atoms with Gasteiger partial charge in [0.15, 0.2) is 9.84 Å². The highest BCUT2D eigenvalue weighted by Gasteiger charge is 2.20. The van der Waals surface area contributed by atoms with Gasteiger partial charge in [0.25, 0.3) is 5.91 Å². The first-order chi connectivity index (χ1) is 12.3. The number of hydrogen-bond acceptors (Lipinski definition) is 6. The second-order valence-corrected chi connectivity index (χ2v) is 8.29. The number of nitrogens with one attached hydrogen (secondary N) is 1. The molecule has 1 N–H and O–H groups in total. The van der Waals surface area contributed by atoms with Gasteiger partial charge in [-0.1, -0.05) is 11.6 Å². The predicted octanol–water partition coefficient (Wildman–Crippen LogP) is 2.56. The number of carbonyl (C=O) groups is 1. The minimum Gasteiger partial charge on any atom is -0.471 e. The Morgan fingerprint density at radius 2 is 2.08 bits per heavy atom. The summed E-state index contributed by atoms with van der Waals surface area (Å²) in [5, 5.41) is 2.90. The van der Waals surface area contributed by atoms with E-state index in [1.54, 1.807) is 0 Å². The van der Waals surface area contributed by atoms with Gasteiger partial charge >= 0.3 is 0 Å². The molecular formula is C17H17ClN2O5S. The van der Waals surface area contributed by atoms with Crippen molar-refractivity contribution in [2.45, 2.75) is 17.4 Å². The van der Waals surface area contributed by atoms with Crippen molar-refractivity contribution >= 4 is 33.0 Å². The largest absolute Gasteiger partial charge is 0.471 e. The average molecular weight is 397 g/mol. The molecule has 1 fully saturated rings. The lowest BCUT2D eigenvalue weighted by Gasteiger charge is -2.12. The van der Waals surface area contributed by atoms with Crippen molar-refractivity contribution in [3.05, 3.63) is 47.1 Å². The zero-order chi connectivity index (χ0) is 18.7. The molecule has 1 aliphatic rings. The third-order valence-corrected chi connectivity index (χ3v) is 5.18. The monoisotopic (exact) mass is 396 g/mol. The van der Waals surface area contributed by atoms with Crippen molar-refractivity contribution in [3.8, 4) is 5.88 Å². The summed E-state index contributed by atoms with van der Waals surface area (Å²) in [6.07, 6.45) is 3.17. The highest BCUT2D eigenvalue weighted by atomic mass is 35.5. The van der Waals surface area contributed by atoms with Crippen molar-refractivity contribution in [2.75, 3.05) is 24.8 Å². The maximum atomic E-state index is 12.3. The molecule has 2 aromatic rings. The van der Waals surface area contributed by atoms with E-state index >= 15 is 0 Å². The number of sulfone groups is 1. The minimum atomic E-state index is -3.28. The molecule has 1 atom stereocenters. The summed E-state index contributed by atoms with van der Waals surface area (Å²) in [7, 11) is -3.28. The number of pyridine rings is 1. The predicted molar refractivity (Wildman–Crippen MR) is 96.6 cm³/mol. The molecule has 0 saturated carbocycles. The fourth-order valence-corrected chi connectivity index (χ4v) is 3.23. The van der Waals surface area contributed by atoms with E-state index in [0.717, 1.165) is 12.7 Å². The first-order valence-corrected chi connectivity index (χ1v) is 10.1. The van der Waals surface area contributed by atoms with Crippen molar-refractivity contribution in [2.24, 2.45) is 0 Å². The van der Waals surface area contributed by atoms with E-state index in [2.05, 4.69) is 10.3 Å². The number of nitrogens with zero attached hydrogens (tertiary/aromatic N) is 1. The highest BCUT2D eigenvalue weighted by Crippen LogP contribution is 2.25. The first kappa shape index (κ1) is 18.6. The molecule has 3 rings (SSSR count). The van der Waals surface area contributed by atoms with Gasteiger partial charge < -0.3 is 14.8 Å². The Bertz CT molecular complexity index is 909. The number of ether oxygens (including phenoxy) is 2. The van der Waals surface area contributed by atoms with E-state index in [-0.39, 0.29) is 27.5 Å². The normalized spacial score (nSPS) is 17.1. The molecular weight excluding hydrogens is 380 g/mol. The van der Waals surface area contributed by atoms with Gasteiger partial charge in [-0.15, -0.1) is 0 Å². The Morgan fingerprint density at radius 1 is 1.35 bits per heavy atom. The van der Waals surface area contributed by atoms with Gasteiger partial charge in [-0.3, -0.25) is 4.79 Å². The van der Waals surface area contributed by atoms with E-state index in [1.807, 2.05) is 0 Å². The molecule has 0 aliphatic carbocycles. The quantitative estimate of drug-likeness (QED) is 0.834. The van der Waals surface area contributed by atoms with Crippen LogP contribution in [0.15, 0.2) is 41.4 Å². The Labute approximate surface area is 156 Å². The molecule has 1 aromatic carbocycles. The first-order valence-electron chi connectivity index (χ1n) is 7.84. The van der Waals surface area contributed by atoms with E-state index in [1.165, 1.54) is 36.5 Å². The lowest BCUT2D eigenvalue weighted by molar-refractivity contribution is 0.102. The summed E-state index contributed by atoms with van der Waals surface area (Å²) in [4.78, 5) is 16.6. The topological polar surface area (TPSA) is 94.6 Å². The van der Waals surface area contributed by atoms with Gasteiger partial charge in [-0.2, -0.15) is 0 Å². The van der Waals surface area contributed by atoms with Gasteiger partial charge in [0.2, 0.25) is 5.88 Å². The second kappa shape index (κ2) is 7.61. The zero-order valence-corrected chi connectivity index (χ0v) is 15.5. The lowest BCUT2D eigenvalue weighted by Crippen LogP contribution is -2.17. The van der Waals surface area contributed by atoms with Crippen LogP contribution < -0.4 is 10.1 Å². The number of amides is 1. The molecule has 9 heteroatoms. The molecule has 26 heavy (non-hydrogen) atoms. The number of benzene rings is 1. The highest BCUT2D eigenvalue weighted by molar-refractivity contribution is 7.90. The fraction of sp³-hybridized carbons (Fsp3) is 0.294. The van der Waals surface area contributed by atoms with E-state index in [9.17, 15) is 13.2 Å². The van der Waals surface area contributed by atoms with E-state index in [0.29, 0.717) is 18.9 Å². The lowest BCUT2D eigenvalue weighted by atomic mass is 10.2. The van der Waals surface area contributed by atoms with Gasteiger partial charge in [0.1, 0.15) is 11.1 Å². The van der Waals surface area contributed by atoms with Crippen LogP contribution in [0.2, 0.25) is 5.02 Å². The van der Waals surface area contributed by atoms with Gasteiger partial charge in [-0.05, 0) is 30.3 Å². The minimum absolute atomic E-state index is 0.0898. The average Bonchev–Trinajstić information content (AvgIpc) is 3.09. The maximum Gasteiger partial charge on any atom is 0.257 e. The Kier molecular flexibility index (Phi) is 5.45. The fourth-order valence-electron chi connectivity index (χ4n) is 2.39. The van der Waals surface area contributed by atoms with Crippen LogP contribution in [0.3, 0.4) is 0 Å². The molecule has 1 aromatic heterocycles. The van der Waals surface area contributed by atoms with Crippen LogP contribution in [0.4, 0.5) is 5.69 Å². The summed E-state index contributed by atoms with van der Waals surface area (Å²) in [5.41, 5.74) is 0.721.